The third-order valence-corrected chi connectivity index (χ3v) is 15.8. The normalized spacial score (nSPS) is 22.4. The lowest BCUT2D eigenvalue weighted by Crippen LogP contribution is -2.52. The molecule has 0 bridgehead atoms. The Labute approximate surface area is 397 Å². The molecule has 3 amide bonds. The van der Waals surface area contributed by atoms with Crippen molar-refractivity contribution in [2.24, 2.45) is 0 Å². The van der Waals surface area contributed by atoms with Gasteiger partial charge in [-0.05, 0) is 117 Å². The Hall–Kier alpha value is -6.95. The lowest BCUT2D eigenvalue weighted by molar-refractivity contribution is -0.136. The number of carbonyl (C=O) groups is 3. The minimum Gasteiger partial charge on any atom is -0.453 e. The molecule has 20 heteroatoms. The van der Waals surface area contributed by atoms with Crippen LogP contribution < -0.4 is 30.1 Å². The molecule has 17 nitrogen and oxygen atoms in total. The summed E-state index contributed by atoms with van der Waals surface area (Å²) in [6.07, 6.45) is 4.98. The summed E-state index contributed by atoms with van der Waals surface area (Å²) in [7, 11) is -2.13. The number of anilines is 3. The van der Waals surface area contributed by atoms with Gasteiger partial charge in [-0.15, -0.1) is 0 Å². The van der Waals surface area contributed by atoms with Gasteiger partial charge in [-0.25, -0.2) is 13.8 Å². The number of amides is 3. The summed E-state index contributed by atoms with van der Waals surface area (Å²) in [6, 6.07) is 22.1. The van der Waals surface area contributed by atoms with Crippen LogP contribution in [0.4, 0.5) is 25.8 Å². The third-order valence-electron chi connectivity index (χ3n) is 14.3. The second kappa shape index (κ2) is 18.5. The zero-order chi connectivity index (χ0) is 48.1. The Balaban J connectivity index is 0.742. The molecular weight excluding hydrogens is 911 g/mol. The van der Waals surface area contributed by atoms with Gasteiger partial charge in [0.15, 0.2) is 11.6 Å². The maximum atomic E-state index is 15.2. The molecule has 5 heterocycles. The average Bonchev–Trinajstić information content (AvgIpc) is 3.95. The first-order valence-electron chi connectivity index (χ1n) is 23.2. The van der Waals surface area contributed by atoms with Crippen LogP contribution in [0, 0.1) is 17.1 Å². The maximum absolute atomic E-state index is 15.2. The molecular formula is C49H50F2N10O7S. The molecule has 2 atom stereocenters. The van der Waals surface area contributed by atoms with E-state index in [-0.39, 0.29) is 54.6 Å². The number of nitriles is 1. The Morgan fingerprint density at radius 3 is 2.35 bits per heavy atom. The van der Waals surface area contributed by atoms with Crippen molar-refractivity contribution in [3.63, 3.8) is 0 Å². The number of nitrogens with one attached hydrogen (secondary N) is 2. The van der Waals surface area contributed by atoms with E-state index >= 15 is 4.39 Å². The van der Waals surface area contributed by atoms with Gasteiger partial charge < -0.3 is 19.4 Å². The zero-order valence-corrected chi connectivity index (χ0v) is 38.6. The number of piperidine rings is 1. The molecule has 1 aliphatic carbocycles. The number of halogens is 2. The lowest BCUT2D eigenvalue weighted by atomic mass is 9.88. The molecule has 5 aromatic rings. The molecule has 4 aliphatic heterocycles. The second-order valence-corrected chi connectivity index (χ2v) is 20.0. The predicted octanol–water partition coefficient (Wildman–Crippen LogP) is 5.22. The van der Waals surface area contributed by atoms with E-state index in [1.165, 1.54) is 29.1 Å². The highest BCUT2D eigenvalue weighted by Gasteiger charge is 2.40. The van der Waals surface area contributed by atoms with Crippen LogP contribution in [-0.2, 0) is 26.3 Å². The van der Waals surface area contributed by atoms with E-state index in [0.717, 1.165) is 85.2 Å². The van der Waals surface area contributed by atoms with E-state index in [9.17, 15) is 37.2 Å². The Kier molecular flexibility index (Phi) is 12.3. The van der Waals surface area contributed by atoms with Crippen LogP contribution >= 0.6 is 0 Å². The van der Waals surface area contributed by atoms with Crippen molar-refractivity contribution in [3.8, 4) is 23.3 Å². The van der Waals surface area contributed by atoms with Crippen molar-refractivity contribution >= 4 is 55.9 Å². The number of imide groups is 1. The highest BCUT2D eigenvalue weighted by Crippen LogP contribution is 2.37. The molecule has 4 fully saturated rings. The SMILES string of the molecule is CN(c1ccc2c(c1)CN([C@H]1CCC(=O)NC1=O)C2=O)C1CCC(N2CCN(c3ccc(-n4cnc5ccc(Oc6c(F)ccc(NS(=O)(=O)N7CC[C@@H](F)C7)c6C#N)cc5c4=O)cc3)CC2)CC1. The van der Waals surface area contributed by atoms with E-state index in [1.54, 1.807) is 11.0 Å². The molecule has 10 rings (SSSR count). The van der Waals surface area contributed by atoms with Crippen molar-refractivity contribution in [2.75, 3.05) is 60.8 Å². The topological polar surface area (TPSA) is 194 Å². The number of hydrogen-bond donors (Lipinski definition) is 2. The second-order valence-electron chi connectivity index (χ2n) is 18.3. The van der Waals surface area contributed by atoms with Gasteiger partial charge in [-0.3, -0.25) is 38.7 Å². The monoisotopic (exact) mass is 960 g/mol. The largest absolute Gasteiger partial charge is 0.453 e. The number of ether oxygens (including phenoxy) is 1. The number of carbonyl (C=O) groups excluding carboxylic acids is 3. The molecule has 1 aromatic heterocycles. The van der Waals surface area contributed by atoms with E-state index in [1.807, 2.05) is 36.4 Å². The molecule has 0 spiro atoms. The number of hydrogen-bond acceptors (Lipinski definition) is 12. The number of alkyl halides is 1. The first-order valence-corrected chi connectivity index (χ1v) is 24.6. The Morgan fingerprint density at radius 2 is 1.64 bits per heavy atom. The van der Waals surface area contributed by atoms with Gasteiger partial charge in [-0.2, -0.15) is 18.0 Å². The fraction of sp³-hybridized carbons (Fsp3) is 0.388. The van der Waals surface area contributed by atoms with E-state index in [4.69, 9.17) is 4.74 Å². The third kappa shape index (κ3) is 8.97. The van der Waals surface area contributed by atoms with Gasteiger partial charge in [0.1, 0.15) is 35.9 Å². The van der Waals surface area contributed by atoms with Gasteiger partial charge in [0.25, 0.3) is 11.5 Å². The molecule has 69 heavy (non-hydrogen) atoms. The van der Waals surface area contributed by atoms with Gasteiger partial charge in [0, 0.05) is 88.3 Å². The van der Waals surface area contributed by atoms with E-state index < -0.39 is 51.0 Å². The molecule has 3 saturated heterocycles. The highest BCUT2D eigenvalue weighted by atomic mass is 32.2. The summed E-state index contributed by atoms with van der Waals surface area (Å²) in [6.45, 7) is 3.53. The van der Waals surface area contributed by atoms with Crippen molar-refractivity contribution in [1.29, 1.82) is 5.26 Å². The molecule has 2 N–H and O–H groups in total. The molecule has 4 aromatic carbocycles. The van der Waals surface area contributed by atoms with Gasteiger partial charge in [0.2, 0.25) is 11.8 Å². The van der Waals surface area contributed by atoms with Crippen LogP contribution in [0.3, 0.4) is 0 Å². The summed E-state index contributed by atoms with van der Waals surface area (Å²) >= 11 is 0. The van der Waals surface area contributed by atoms with Crippen LogP contribution in [0.25, 0.3) is 16.6 Å². The number of piperazine rings is 1. The number of fused-ring (bicyclic) bond motifs is 2. The fourth-order valence-corrected chi connectivity index (χ4v) is 11.7. The summed E-state index contributed by atoms with van der Waals surface area (Å²) in [5, 5.41) is 12.5. The molecule has 0 radical (unpaired) electrons. The first-order chi connectivity index (χ1) is 33.2. The van der Waals surface area contributed by atoms with Crippen LogP contribution in [-0.4, -0.2) is 120 Å². The van der Waals surface area contributed by atoms with E-state index in [0.29, 0.717) is 41.8 Å². The summed E-state index contributed by atoms with van der Waals surface area (Å²) in [5.41, 5.74) is 3.46. The minimum atomic E-state index is -4.24. The highest BCUT2D eigenvalue weighted by molar-refractivity contribution is 7.90. The molecule has 358 valence electrons. The fourth-order valence-electron chi connectivity index (χ4n) is 10.4. The number of benzene rings is 4. The van der Waals surface area contributed by atoms with Crippen LogP contribution in [0.5, 0.6) is 11.5 Å². The van der Waals surface area contributed by atoms with Crippen LogP contribution in [0.15, 0.2) is 83.9 Å². The quantitative estimate of drug-likeness (QED) is 0.164. The first kappa shape index (κ1) is 45.8. The molecule has 0 unspecified atom stereocenters. The zero-order valence-electron chi connectivity index (χ0n) is 37.8. The lowest BCUT2D eigenvalue weighted by Gasteiger charge is -2.44. The average molecular weight is 961 g/mol. The number of nitrogens with zero attached hydrogens (tertiary/aromatic N) is 8. The standard InChI is InChI=1S/C49H50F2N10O7S/c1-56(36-10-12-38-30(24-36)27-60(48(38)64)44-16-17-45(62)54-47(44)63)32-2-4-33(5-3-32)57-20-22-58(23-21-57)34-6-8-35(9-7-34)61-29-53-42-14-11-37(25-39(42)49(61)65)68-46-40(26-52)43(15-13-41(46)51)55-69(66,67)59-19-18-31(50)28-59/h6-15,24-25,29,31-33,44,55H,2-5,16-23,27-28H2,1H3,(H,54,62,63)/t31-,32?,33?,44+/m1/s1. The number of rotatable bonds is 11. The van der Waals surface area contributed by atoms with Crippen LogP contribution in [0.1, 0.15) is 66.4 Å². The van der Waals surface area contributed by atoms with Crippen LogP contribution in [0.2, 0.25) is 0 Å². The smallest absolute Gasteiger partial charge is 0.301 e. The summed E-state index contributed by atoms with van der Waals surface area (Å²) in [5.74, 6) is -2.35. The summed E-state index contributed by atoms with van der Waals surface area (Å²) < 4.78 is 65.2. The van der Waals surface area contributed by atoms with E-state index in [2.05, 4.69) is 42.8 Å². The Morgan fingerprint density at radius 1 is 0.884 bits per heavy atom. The van der Waals surface area contributed by atoms with Crippen molar-refractivity contribution < 1.29 is 36.3 Å². The maximum Gasteiger partial charge on any atom is 0.301 e. The molecule has 1 saturated carbocycles. The Bertz CT molecular complexity index is 3080. The van der Waals surface area contributed by atoms with Gasteiger partial charge >= 0.3 is 10.2 Å². The van der Waals surface area contributed by atoms with Crippen molar-refractivity contribution in [3.05, 3.63) is 112 Å². The van der Waals surface area contributed by atoms with Crippen molar-refractivity contribution in [1.82, 2.24) is 29.0 Å². The van der Waals surface area contributed by atoms with Crippen molar-refractivity contribution in [2.45, 2.75) is 75.8 Å². The predicted molar refractivity (Wildman–Crippen MR) is 253 cm³/mol. The number of aromatic nitrogens is 2. The summed E-state index contributed by atoms with van der Waals surface area (Å²) in [4.78, 5) is 64.6. The minimum absolute atomic E-state index is 0.0154. The molecule has 5 aliphatic rings. The van der Waals surface area contributed by atoms with Gasteiger partial charge in [-0.1, -0.05) is 0 Å². The van der Waals surface area contributed by atoms with Gasteiger partial charge in [0.05, 0.1) is 22.3 Å².